The molecular weight excluding hydrogens is 332 g/mol. The Labute approximate surface area is 163 Å². The Morgan fingerprint density at radius 3 is 2.33 bits per heavy atom. The molecule has 27 heavy (non-hydrogen) atoms. The second-order valence-corrected chi connectivity index (χ2v) is 10.0. The number of ketones is 1. The molecule has 1 saturated heterocycles. The van der Waals surface area contributed by atoms with E-state index in [1.807, 2.05) is 0 Å². The average Bonchev–Trinajstić information content (AvgIpc) is 2.91. The molecule has 0 unspecified atom stereocenters. The molecule has 0 bridgehead atoms. The SMILES string of the molecule is CN1CCC(CCn2cc(C(=O)C3C(C)(C)C3(C)C)c3ccccc32)CC1. The van der Waals surface area contributed by atoms with Gasteiger partial charge >= 0.3 is 0 Å². The molecule has 2 aliphatic rings. The van der Waals surface area contributed by atoms with Crippen LogP contribution >= 0.6 is 0 Å². The van der Waals surface area contributed by atoms with Gasteiger partial charge in [-0.05, 0) is 62.2 Å². The van der Waals surface area contributed by atoms with E-state index >= 15 is 0 Å². The van der Waals surface area contributed by atoms with Crippen LogP contribution in [0.15, 0.2) is 30.5 Å². The smallest absolute Gasteiger partial charge is 0.169 e. The number of carbonyl (C=O) groups is 1. The number of fused-ring (bicyclic) bond motifs is 1. The summed E-state index contributed by atoms with van der Waals surface area (Å²) in [6.07, 6.45) is 5.95. The van der Waals surface area contributed by atoms with Gasteiger partial charge in [0.25, 0.3) is 0 Å². The summed E-state index contributed by atoms with van der Waals surface area (Å²) in [6, 6.07) is 8.44. The van der Waals surface area contributed by atoms with Crippen molar-refractivity contribution in [3.8, 4) is 0 Å². The lowest BCUT2D eigenvalue weighted by Gasteiger charge is -2.29. The highest BCUT2D eigenvalue weighted by molar-refractivity contribution is 6.11. The van der Waals surface area contributed by atoms with Crippen LogP contribution in [0.3, 0.4) is 0 Å². The third-order valence-electron chi connectivity index (χ3n) is 7.95. The lowest BCUT2D eigenvalue weighted by Crippen LogP contribution is -2.30. The van der Waals surface area contributed by atoms with Gasteiger partial charge in [0.15, 0.2) is 5.78 Å². The predicted octanol–water partition coefficient (Wildman–Crippen LogP) is 5.24. The summed E-state index contributed by atoms with van der Waals surface area (Å²) in [6.45, 7) is 12.4. The zero-order valence-corrected chi connectivity index (χ0v) is 17.6. The highest BCUT2D eigenvalue weighted by Gasteiger charge is 2.68. The van der Waals surface area contributed by atoms with E-state index in [4.69, 9.17) is 0 Å². The van der Waals surface area contributed by atoms with Crippen molar-refractivity contribution in [3.05, 3.63) is 36.0 Å². The van der Waals surface area contributed by atoms with Crippen molar-refractivity contribution < 1.29 is 4.79 Å². The number of aryl methyl sites for hydroxylation is 1. The molecule has 4 rings (SSSR count). The largest absolute Gasteiger partial charge is 0.347 e. The van der Waals surface area contributed by atoms with Gasteiger partial charge in [0.05, 0.1) is 0 Å². The molecule has 3 heteroatoms. The molecule has 2 aromatic rings. The number of hydrogen-bond acceptors (Lipinski definition) is 2. The van der Waals surface area contributed by atoms with Gasteiger partial charge in [0.1, 0.15) is 0 Å². The van der Waals surface area contributed by atoms with Crippen molar-refractivity contribution >= 4 is 16.7 Å². The number of rotatable bonds is 5. The van der Waals surface area contributed by atoms with E-state index in [0.717, 1.165) is 23.4 Å². The summed E-state index contributed by atoms with van der Waals surface area (Å²) in [5, 5.41) is 1.13. The fraction of sp³-hybridized carbons (Fsp3) is 0.625. The standard InChI is InChI=1S/C24H34N2O/c1-23(2)22(24(23,3)4)21(27)19-16-26(20-9-7-6-8-18(19)20)15-12-17-10-13-25(5)14-11-17/h6-9,16-17,22H,10-15H2,1-5H3. The topological polar surface area (TPSA) is 25.2 Å². The van der Waals surface area contributed by atoms with Gasteiger partial charge in [-0.2, -0.15) is 0 Å². The van der Waals surface area contributed by atoms with E-state index in [0.29, 0.717) is 5.78 Å². The highest BCUT2D eigenvalue weighted by atomic mass is 16.1. The molecule has 1 aromatic heterocycles. The zero-order valence-electron chi connectivity index (χ0n) is 17.6. The number of carbonyl (C=O) groups excluding carboxylic acids is 1. The number of piperidine rings is 1. The van der Waals surface area contributed by atoms with Crippen molar-refractivity contribution in [3.63, 3.8) is 0 Å². The molecule has 3 nitrogen and oxygen atoms in total. The van der Waals surface area contributed by atoms with E-state index in [-0.39, 0.29) is 16.7 Å². The lowest BCUT2D eigenvalue weighted by atomic mass is 9.94. The van der Waals surface area contributed by atoms with Crippen LogP contribution in [-0.4, -0.2) is 35.4 Å². The summed E-state index contributed by atoms with van der Waals surface area (Å²) in [5.74, 6) is 1.26. The molecule has 1 saturated carbocycles. The number of para-hydroxylation sites is 1. The van der Waals surface area contributed by atoms with E-state index in [9.17, 15) is 4.79 Å². The van der Waals surface area contributed by atoms with Crippen LogP contribution in [-0.2, 0) is 6.54 Å². The first kappa shape index (κ1) is 18.7. The Hall–Kier alpha value is -1.61. The normalized spacial score (nSPS) is 23.0. The van der Waals surface area contributed by atoms with E-state index in [1.165, 1.54) is 37.9 Å². The zero-order chi connectivity index (χ0) is 19.4. The highest BCUT2D eigenvalue weighted by Crippen LogP contribution is 2.69. The number of aromatic nitrogens is 1. The van der Waals surface area contributed by atoms with Crippen LogP contribution < -0.4 is 0 Å². The minimum Gasteiger partial charge on any atom is -0.347 e. The van der Waals surface area contributed by atoms with Gasteiger partial charge in [-0.15, -0.1) is 0 Å². The molecule has 0 spiro atoms. The monoisotopic (exact) mass is 366 g/mol. The molecule has 1 aliphatic carbocycles. The van der Waals surface area contributed by atoms with Gasteiger partial charge < -0.3 is 9.47 Å². The minimum absolute atomic E-state index is 0.0847. The second kappa shape index (κ2) is 6.48. The molecule has 2 fully saturated rings. The number of Topliss-reactive ketones (excluding diaryl/α,β-unsaturated/α-hetero) is 1. The molecule has 0 N–H and O–H groups in total. The van der Waals surface area contributed by atoms with Crippen molar-refractivity contribution in [2.75, 3.05) is 20.1 Å². The maximum atomic E-state index is 13.4. The quantitative estimate of drug-likeness (QED) is 0.676. The van der Waals surface area contributed by atoms with Gasteiger partial charge in [-0.1, -0.05) is 45.9 Å². The summed E-state index contributed by atoms with van der Waals surface area (Å²) in [5.41, 5.74) is 2.31. The number of likely N-dealkylation sites (tertiary alicyclic amines) is 1. The Morgan fingerprint density at radius 1 is 1.07 bits per heavy atom. The minimum atomic E-state index is 0.0847. The maximum Gasteiger partial charge on any atom is 0.169 e. The van der Waals surface area contributed by atoms with Crippen molar-refractivity contribution in [1.82, 2.24) is 9.47 Å². The first-order valence-corrected chi connectivity index (χ1v) is 10.5. The first-order valence-electron chi connectivity index (χ1n) is 10.5. The number of benzene rings is 1. The van der Waals surface area contributed by atoms with Gasteiger partial charge in [-0.25, -0.2) is 0 Å². The second-order valence-electron chi connectivity index (χ2n) is 10.0. The van der Waals surface area contributed by atoms with Crippen LogP contribution in [0.4, 0.5) is 0 Å². The van der Waals surface area contributed by atoms with Crippen LogP contribution in [0.2, 0.25) is 0 Å². The fourth-order valence-electron chi connectivity index (χ4n) is 5.31. The van der Waals surface area contributed by atoms with Gasteiger partial charge in [0.2, 0.25) is 0 Å². The van der Waals surface area contributed by atoms with E-state index in [2.05, 4.69) is 74.7 Å². The number of nitrogens with zero attached hydrogens (tertiary/aromatic N) is 2. The van der Waals surface area contributed by atoms with Crippen LogP contribution in [0.25, 0.3) is 10.9 Å². The summed E-state index contributed by atoms with van der Waals surface area (Å²) in [4.78, 5) is 15.8. The summed E-state index contributed by atoms with van der Waals surface area (Å²) in [7, 11) is 2.22. The third kappa shape index (κ3) is 3.04. The molecule has 0 radical (unpaired) electrons. The van der Waals surface area contributed by atoms with Crippen LogP contribution in [0.5, 0.6) is 0 Å². The molecule has 0 atom stereocenters. The Bertz CT molecular complexity index is 838. The summed E-state index contributed by atoms with van der Waals surface area (Å²) < 4.78 is 2.34. The first-order chi connectivity index (χ1) is 12.7. The van der Waals surface area contributed by atoms with Crippen LogP contribution in [0, 0.1) is 22.7 Å². The van der Waals surface area contributed by atoms with Crippen LogP contribution in [0.1, 0.15) is 57.3 Å². The molecular formula is C24H34N2O. The maximum absolute atomic E-state index is 13.4. The molecule has 2 heterocycles. The molecule has 1 aliphatic heterocycles. The van der Waals surface area contributed by atoms with E-state index < -0.39 is 0 Å². The van der Waals surface area contributed by atoms with Crippen molar-refractivity contribution in [2.45, 2.75) is 53.5 Å². The number of hydrogen-bond donors (Lipinski definition) is 0. The average molecular weight is 367 g/mol. The summed E-state index contributed by atoms with van der Waals surface area (Å²) >= 11 is 0. The Balaban J connectivity index is 1.57. The fourth-order valence-corrected chi connectivity index (χ4v) is 5.31. The lowest BCUT2D eigenvalue weighted by molar-refractivity contribution is 0.0946. The van der Waals surface area contributed by atoms with Crippen molar-refractivity contribution in [2.24, 2.45) is 22.7 Å². The Kier molecular flexibility index (Phi) is 4.50. The van der Waals surface area contributed by atoms with Gasteiger partial charge in [-0.3, -0.25) is 4.79 Å². The molecule has 146 valence electrons. The van der Waals surface area contributed by atoms with Crippen molar-refractivity contribution in [1.29, 1.82) is 0 Å². The molecule has 0 amide bonds. The third-order valence-corrected chi connectivity index (χ3v) is 7.95. The Morgan fingerprint density at radius 2 is 1.70 bits per heavy atom. The van der Waals surface area contributed by atoms with Gasteiger partial charge in [0, 0.05) is 35.1 Å². The van der Waals surface area contributed by atoms with E-state index in [1.54, 1.807) is 0 Å². The predicted molar refractivity (Wildman–Crippen MR) is 112 cm³/mol. The molecule has 1 aromatic carbocycles.